The molecule has 0 N–H and O–H groups in total. The van der Waals surface area contributed by atoms with E-state index in [1.54, 1.807) is 0 Å². The maximum atomic E-state index is 2.22. The van der Waals surface area contributed by atoms with Crippen LogP contribution in [0, 0.1) is 41.7 Å². The summed E-state index contributed by atoms with van der Waals surface area (Å²) in [4.78, 5) is 0. The van der Waals surface area contributed by atoms with Gasteiger partial charge >= 0.3 is 41.7 Å². The minimum absolute atomic E-state index is 0. The quantitative estimate of drug-likeness (QED) is 0.272. The van der Waals surface area contributed by atoms with Gasteiger partial charge in [-0.25, -0.2) is 36.4 Å². The summed E-state index contributed by atoms with van der Waals surface area (Å²) in [7, 11) is 0. The van der Waals surface area contributed by atoms with Crippen molar-refractivity contribution >= 4 is 0 Å². The molecule has 3 rings (SSSR count). The topological polar surface area (TPSA) is 0 Å². The second-order valence-electron chi connectivity index (χ2n) is 10.3. The molecule has 0 atom stereocenters. The molecule has 0 fully saturated rings. The summed E-state index contributed by atoms with van der Waals surface area (Å²) < 4.78 is 0. The van der Waals surface area contributed by atoms with Gasteiger partial charge in [-0.1, -0.05) is 78.6 Å². The Morgan fingerprint density at radius 2 is 0.500 bits per heavy atom. The fourth-order valence-corrected chi connectivity index (χ4v) is 2.62. The molecule has 0 amide bonds. The Labute approximate surface area is 208 Å². The van der Waals surface area contributed by atoms with Gasteiger partial charge in [0.1, 0.15) is 0 Å². The largest absolute Gasteiger partial charge is 3.00 e. The van der Waals surface area contributed by atoms with Gasteiger partial charge in [0.15, 0.2) is 0 Å². The van der Waals surface area contributed by atoms with Crippen molar-refractivity contribution in [2.45, 2.75) is 78.6 Å². The van der Waals surface area contributed by atoms with Crippen LogP contribution < -0.4 is 0 Å². The molecule has 151 valence electrons. The summed E-state index contributed by atoms with van der Waals surface area (Å²) in [5, 5.41) is 0. The number of hydrogen-bond donors (Lipinski definition) is 0. The molecule has 0 aliphatic carbocycles. The Morgan fingerprint density at radius 1 is 0.357 bits per heavy atom. The van der Waals surface area contributed by atoms with E-state index >= 15 is 0 Å². The molecule has 0 saturated carbocycles. The second kappa shape index (κ2) is 11.6. The fraction of sp³-hybridized carbons (Fsp3) is 0.444. The van der Waals surface area contributed by atoms with E-state index in [0.29, 0.717) is 16.2 Å². The monoisotopic (exact) mass is 503 g/mol. The maximum absolute atomic E-state index is 2.22. The van der Waals surface area contributed by atoms with Gasteiger partial charge in [-0.3, -0.25) is 0 Å². The second-order valence-corrected chi connectivity index (χ2v) is 10.3. The van der Waals surface area contributed by atoms with E-state index in [1.165, 1.54) is 16.7 Å². The van der Waals surface area contributed by atoms with Gasteiger partial charge in [0.25, 0.3) is 0 Å². The Bertz CT molecular complexity index is 599. The van der Waals surface area contributed by atoms with Gasteiger partial charge in [0.2, 0.25) is 0 Å². The van der Waals surface area contributed by atoms with E-state index in [0.717, 1.165) is 0 Å². The first-order chi connectivity index (χ1) is 12.3. The van der Waals surface area contributed by atoms with Crippen LogP contribution in [-0.2, 0) is 16.2 Å². The van der Waals surface area contributed by atoms with E-state index in [1.807, 2.05) is 0 Å². The Balaban J connectivity index is 0.000000384. The van der Waals surface area contributed by atoms with Crippen LogP contribution in [0.5, 0.6) is 0 Å². The van der Waals surface area contributed by atoms with Gasteiger partial charge in [0, 0.05) is 0 Å². The minimum Gasteiger partial charge on any atom is -0.213 e. The molecule has 1 radical (unpaired) electrons. The van der Waals surface area contributed by atoms with Crippen molar-refractivity contribution in [1.29, 1.82) is 0 Å². The maximum Gasteiger partial charge on any atom is 3.00 e. The smallest absolute Gasteiger partial charge is 0.213 e. The van der Waals surface area contributed by atoms with Gasteiger partial charge in [-0.2, -0.15) is 53.1 Å². The van der Waals surface area contributed by atoms with E-state index in [4.69, 9.17) is 0 Å². The van der Waals surface area contributed by atoms with E-state index in [2.05, 4.69) is 135 Å². The van der Waals surface area contributed by atoms with E-state index in [9.17, 15) is 0 Å². The van der Waals surface area contributed by atoms with Gasteiger partial charge in [0.05, 0.1) is 0 Å². The predicted octanol–water partition coefficient (Wildman–Crippen LogP) is 8.11. The summed E-state index contributed by atoms with van der Waals surface area (Å²) in [6, 6.07) is 25.5. The van der Waals surface area contributed by atoms with Gasteiger partial charge in [-0.05, 0) is 0 Å². The molecule has 0 saturated heterocycles. The van der Waals surface area contributed by atoms with Crippen LogP contribution in [-0.4, -0.2) is 0 Å². The molecule has 0 heterocycles. The first-order valence-electron chi connectivity index (χ1n) is 9.98. The van der Waals surface area contributed by atoms with Crippen molar-refractivity contribution in [1.82, 2.24) is 0 Å². The van der Waals surface area contributed by atoms with Crippen molar-refractivity contribution in [2.75, 3.05) is 0 Å². The zero-order chi connectivity index (χ0) is 20.7. The molecule has 28 heavy (non-hydrogen) atoms. The van der Waals surface area contributed by atoms with Crippen molar-refractivity contribution in [3.05, 3.63) is 89.5 Å². The molecule has 0 aromatic heterocycles. The fourth-order valence-electron chi connectivity index (χ4n) is 2.62. The SMILES string of the molecule is CC(C)(C)[c-]1cccc1.CC(C)(C)[c-]1cccc1.CC(C)(C)[c-]1cccc1.[Ce+3]. The third-order valence-electron chi connectivity index (χ3n) is 4.59. The van der Waals surface area contributed by atoms with Crippen molar-refractivity contribution < 1.29 is 41.7 Å². The zero-order valence-corrected chi connectivity index (χ0v) is 22.6. The molecule has 0 nitrogen and oxygen atoms in total. The Hall–Kier alpha value is -0.573. The van der Waals surface area contributed by atoms with Crippen LogP contribution in [0.1, 0.15) is 79.0 Å². The zero-order valence-electron chi connectivity index (χ0n) is 19.4. The molecule has 0 unspecified atom stereocenters. The molecule has 0 bridgehead atoms. The van der Waals surface area contributed by atoms with Crippen molar-refractivity contribution in [2.24, 2.45) is 0 Å². The molecule has 1 heteroatoms. The van der Waals surface area contributed by atoms with E-state index in [-0.39, 0.29) is 41.7 Å². The third kappa shape index (κ3) is 10.3. The average molecular weight is 504 g/mol. The summed E-state index contributed by atoms with van der Waals surface area (Å²) in [5.74, 6) is 0. The predicted molar refractivity (Wildman–Crippen MR) is 122 cm³/mol. The molecule has 0 aliphatic rings. The molecular weight excluding hydrogens is 464 g/mol. The molecular formula is C27H39Ce. The molecule has 3 aromatic rings. The summed E-state index contributed by atoms with van der Waals surface area (Å²) in [5.41, 5.74) is 5.23. The minimum atomic E-state index is 0. The van der Waals surface area contributed by atoms with Gasteiger partial charge in [-0.15, -0.1) is 0 Å². The van der Waals surface area contributed by atoms with Crippen LogP contribution in [0.15, 0.2) is 72.8 Å². The standard InChI is InChI=1S/3C9H13.Ce/c3*1-9(2,3)8-6-4-5-7-8;/h3*4-7H,1-3H3;/q3*-1;+3. The van der Waals surface area contributed by atoms with E-state index < -0.39 is 0 Å². The summed E-state index contributed by atoms with van der Waals surface area (Å²) >= 11 is 0. The molecule has 0 aliphatic heterocycles. The van der Waals surface area contributed by atoms with Crippen LogP contribution in [0.3, 0.4) is 0 Å². The summed E-state index contributed by atoms with van der Waals surface area (Å²) in [6.45, 7) is 20.0. The molecule has 3 aromatic carbocycles. The third-order valence-corrected chi connectivity index (χ3v) is 4.59. The van der Waals surface area contributed by atoms with Crippen LogP contribution in [0.4, 0.5) is 0 Å². The van der Waals surface area contributed by atoms with Gasteiger partial charge < -0.3 is 0 Å². The number of hydrogen-bond acceptors (Lipinski definition) is 0. The number of rotatable bonds is 0. The average Bonchev–Trinajstić information content (AvgIpc) is 3.28. The summed E-state index contributed by atoms with van der Waals surface area (Å²) in [6.07, 6.45) is 0. The normalized spacial score (nSPS) is 11.5. The Morgan fingerprint density at radius 3 is 0.571 bits per heavy atom. The Kier molecular flexibility index (Phi) is 11.3. The van der Waals surface area contributed by atoms with Crippen molar-refractivity contribution in [3.8, 4) is 0 Å². The van der Waals surface area contributed by atoms with Crippen molar-refractivity contribution in [3.63, 3.8) is 0 Å². The first kappa shape index (κ1) is 27.4. The van der Waals surface area contributed by atoms with Crippen LogP contribution in [0.25, 0.3) is 0 Å². The molecule has 0 spiro atoms. The van der Waals surface area contributed by atoms with Crippen LogP contribution >= 0.6 is 0 Å². The van der Waals surface area contributed by atoms with Crippen LogP contribution in [0.2, 0.25) is 0 Å². The first-order valence-corrected chi connectivity index (χ1v) is 9.98.